The molecular formula is C21H29FN6O. The van der Waals surface area contributed by atoms with Crippen LogP contribution in [0.2, 0.25) is 0 Å². The lowest BCUT2D eigenvalue weighted by atomic mass is 9.92. The summed E-state index contributed by atoms with van der Waals surface area (Å²) >= 11 is 0. The van der Waals surface area contributed by atoms with Gasteiger partial charge in [0.1, 0.15) is 5.82 Å². The lowest BCUT2D eigenvalue weighted by molar-refractivity contribution is -0.124. The first kappa shape index (κ1) is 21.0. The van der Waals surface area contributed by atoms with E-state index in [0.29, 0.717) is 17.8 Å². The molecule has 1 amide bonds. The van der Waals surface area contributed by atoms with Crippen LogP contribution in [0, 0.1) is 11.7 Å². The third-order valence-corrected chi connectivity index (χ3v) is 4.66. The summed E-state index contributed by atoms with van der Waals surface area (Å²) in [5.41, 5.74) is 1.17. The molecule has 3 rings (SSSR count). The monoisotopic (exact) mass is 400 g/mol. The van der Waals surface area contributed by atoms with Gasteiger partial charge in [-0.25, -0.2) is 9.38 Å². The maximum Gasteiger partial charge on any atom is 0.229 e. The number of anilines is 1. The zero-order valence-corrected chi connectivity index (χ0v) is 17.3. The van der Waals surface area contributed by atoms with Crippen LogP contribution in [-0.2, 0) is 4.79 Å². The molecule has 1 aliphatic heterocycles. The highest BCUT2D eigenvalue weighted by atomic mass is 19.1. The molecule has 1 saturated heterocycles. The van der Waals surface area contributed by atoms with E-state index in [9.17, 15) is 9.18 Å². The van der Waals surface area contributed by atoms with Crippen molar-refractivity contribution in [3.05, 3.63) is 36.1 Å². The number of rotatable bonds is 3. The Morgan fingerprint density at radius 3 is 2.66 bits per heavy atom. The molecule has 1 fully saturated rings. The van der Waals surface area contributed by atoms with E-state index in [-0.39, 0.29) is 23.2 Å². The molecule has 29 heavy (non-hydrogen) atoms. The SMILES string of the molecule is CC1CC(C(=O)NC(=NC(C)(C)C)Nc2cc(-c3ccc(F)cc3)[nH]n2)CCN1. The van der Waals surface area contributed by atoms with Gasteiger partial charge in [-0.2, -0.15) is 5.10 Å². The number of nitrogens with one attached hydrogen (secondary N) is 4. The highest BCUT2D eigenvalue weighted by Crippen LogP contribution is 2.21. The third-order valence-electron chi connectivity index (χ3n) is 4.66. The number of nitrogens with zero attached hydrogens (tertiary/aromatic N) is 2. The van der Waals surface area contributed by atoms with E-state index < -0.39 is 0 Å². The number of benzene rings is 1. The normalized spacial score (nSPS) is 20.4. The van der Waals surface area contributed by atoms with Crippen molar-refractivity contribution in [2.75, 3.05) is 11.9 Å². The molecular weight excluding hydrogens is 371 g/mol. The Labute approximate surface area is 170 Å². The van der Waals surface area contributed by atoms with Gasteiger partial charge in [-0.15, -0.1) is 0 Å². The largest absolute Gasteiger partial charge is 0.314 e. The predicted octanol–water partition coefficient (Wildman–Crippen LogP) is 3.29. The minimum Gasteiger partial charge on any atom is -0.314 e. The average Bonchev–Trinajstić information content (AvgIpc) is 3.09. The molecule has 2 atom stereocenters. The van der Waals surface area contributed by atoms with Crippen LogP contribution < -0.4 is 16.0 Å². The molecule has 1 aliphatic rings. The number of hydrogen-bond acceptors (Lipinski definition) is 4. The first-order valence-electron chi connectivity index (χ1n) is 9.92. The average molecular weight is 401 g/mol. The van der Waals surface area contributed by atoms with Gasteiger partial charge in [0.25, 0.3) is 0 Å². The Balaban J connectivity index is 1.73. The number of carbonyl (C=O) groups excluding carboxylic acids is 1. The first-order valence-corrected chi connectivity index (χ1v) is 9.92. The quantitative estimate of drug-likeness (QED) is 0.470. The number of amides is 1. The summed E-state index contributed by atoms with van der Waals surface area (Å²) in [5, 5.41) is 16.6. The molecule has 0 bridgehead atoms. The van der Waals surface area contributed by atoms with Crippen molar-refractivity contribution in [2.45, 2.75) is 52.1 Å². The maximum atomic E-state index is 13.1. The van der Waals surface area contributed by atoms with Crippen molar-refractivity contribution in [2.24, 2.45) is 10.9 Å². The second-order valence-corrected chi connectivity index (χ2v) is 8.50. The highest BCUT2D eigenvalue weighted by Gasteiger charge is 2.26. The summed E-state index contributed by atoms with van der Waals surface area (Å²) in [7, 11) is 0. The minimum absolute atomic E-state index is 0.0388. The van der Waals surface area contributed by atoms with E-state index in [4.69, 9.17) is 0 Å². The third kappa shape index (κ3) is 6.12. The van der Waals surface area contributed by atoms with Crippen LogP contribution in [0.3, 0.4) is 0 Å². The van der Waals surface area contributed by atoms with Crippen LogP contribution in [-0.4, -0.2) is 40.2 Å². The Hall–Kier alpha value is -2.74. The standard InChI is InChI=1S/C21H29FN6O/c1-13-11-15(9-10-23-13)19(29)25-20(26-21(2,3)4)24-18-12-17(27-28-18)14-5-7-16(22)8-6-14/h5-8,12-13,15,23H,9-11H2,1-4H3,(H3,24,25,26,27,28,29). The van der Waals surface area contributed by atoms with Gasteiger partial charge in [0.2, 0.25) is 11.9 Å². The Bertz CT molecular complexity index is 868. The number of carbonyl (C=O) groups is 1. The number of hydrogen-bond donors (Lipinski definition) is 4. The Kier molecular flexibility index (Phi) is 6.32. The van der Waals surface area contributed by atoms with Crippen LogP contribution in [0.4, 0.5) is 10.2 Å². The van der Waals surface area contributed by atoms with Gasteiger partial charge in [-0.1, -0.05) is 0 Å². The summed E-state index contributed by atoms with van der Waals surface area (Å²) in [5.74, 6) is 0.508. The van der Waals surface area contributed by atoms with Crippen LogP contribution >= 0.6 is 0 Å². The van der Waals surface area contributed by atoms with Gasteiger partial charge < -0.3 is 10.6 Å². The fraction of sp³-hybridized carbons (Fsp3) is 0.476. The van der Waals surface area contributed by atoms with Crippen molar-refractivity contribution in [1.82, 2.24) is 20.8 Å². The fourth-order valence-corrected chi connectivity index (χ4v) is 3.30. The van der Waals surface area contributed by atoms with E-state index in [1.807, 2.05) is 20.8 Å². The molecule has 1 aromatic heterocycles. The summed E-state index contributed by atoms with van der Waals surface area (Å²) in [6.07, 6.45) is 1.60. The lowest BCUT2D eigenvalue weighted by Crippen LogP contribution is -2.46. The van der Waals surface area contributed by atoms with Crippen LogP contribution in [0.15, 0.2) is 35.3 Å². The molecule has 4 N–H and O–H groups in total. The minimum atomic E-state index is -0.382. The topological polar surface area (TPSA) is 94.2 Å². The number of halogens is 1. The zero-order valence-electron chi connectivity index (χ0n) is 17.3. The van der Waals surface area contributed by atoms with Gasteiger partial charge in [0.05, 0.1) is 11.2 Å². The zero-order chi connectivity index (χ0) is 21.0. The number of H-pyrrole nitrogens is 1. The second kappa shape index (κ2) is 8.73. The first-order chi connectivity index (χ1) is 13.7. The predicted molar refractivity (Wildman–Crippen MR) is 113 cm³/mol. The molecule has 0 spiro atoms. The Morgan fingerprint density at radius 1 is 1.28 bits per heavy atom. The summed E-state index contributed by atoms with van der Waals surface area (Å²) < 4.78 is 13.1. The van der Waals surface area contributed by atoms with Gasteiger partial charge in [0.15, 0.2) is 5.82 Å². The molecule has 2 aromatic rings. The summed E-state index contributed by atoms with van der Waals surface area (Å²) in [6.45, 7) is 8.80. The molecule has 1 aromatic carbocycles. The number of piperidine rings is 1. The Morgan fingerprint density at radius 2 is 2.00 bits per heavy atom. The molecule has 156 valence electrons. The maximum absolute atomic E-state index is 13.1. The lowest BCUT2D eigenvalue weighted by Gasteiger charge is -2.27. The molecule has 2 heterocycles. The van der Waals surface area contributed by atoms with Gasteiger partial charge in [0, 0.05) is 18.0 Å². The molecule has 7 nitrogen and oxygen atoms in total. The van der Waals surface area contributed by atoms with Crippen LogP contribution in [0.25, 0.3) is 11.3 Å². The fourth-order valence-electron chi connectivity index (χ4n) is 3.30. The second-order valence-electron chi connectivity index (χ2n) is 8.50. The van der Waals surface area contributed by atoms with E-state index in [0.717, 1.165) is 30.6 Å². The van der Waals surface area contributed by atoms with Gasteiger partial charge in [-0.3, -0.25) is 15.2 Å². The van der Waals surface area contributed by atoms with E-state index >= 15 is 0 Å². The number of guanidine groups is 1. The highest BCUT2D eigenvalue weighted by molar-refractivity contribution is 6.04. The smallest absolute Gasteiger partial charge is 0.229 e. The summed E-state index contributed by atoms with van der Waals surface area (Å²) in [4.78, 5) is 17.4. The number of aromatic amines is 1. The summed E-state index contributed by atoms with van der Waals surface area (Å²) in [6, 6.07) is 8.27. The van der Waals surface area contributed by atoms with Crippen LogP contribution in [0.1, 0.15) is 40.5 Å². The van der Waals surface area contributed by atoms with E-state index in [1.165, 1.54) is 12.1 Å². The number of aromatic nitrogens is 2. The van der Waals surface area contributed by atoms with Crippen molar-refractivity contribution in [3.63, 3.8) is 0 Å². The number of aliphatic imine (C=N–C) groups is 1. The molecule has 0 radical (unpaired) electrons. The molecule has 2 unspecified atom stereocenters. The molecule has 0 saturated carbocycles. The molecule has 8 heteroatoms. The molecule has 0 aliphatic carbocycles. The van der Waals surface area contributed by atoms with Gasteiger partial charge in [-0.05, 0) is 76.9 Å². The van der Waals surface area contributed by atoms with Crippen molar-refractivity contribution < 1.29 is 9.18 Å². The van der Waals surface area contributed by atoms with Gasteiger partial charge >= 0.3 is 0 Å². The van der Waals surface area contributed by atoms with Crippen molar-refractivity contribution in [3.8, 4) is 11.3 Å². The van der Waals surface area contributed by atoms with E-state index in [2.05, 4.69) is 38.1 Å². The van der Waals surface area contributed by atoms with Crippen LogP contribution in [0.5, 0.6) is 0 Å². The van der Waals surface area contributed by atoms with Crippen molar-refractivity contribution in [1.29, 1.82) is 0 Å². The van der Waals surface area contributed by atoms with Crippen molar-refractivity contribution >= 4 is 17.7 Å². The van der Waals surface area contributed by atoms with E-state index in [1.54, 1.807) is 18.2 Å².